The van der Waals surface area contributed by atoms with Gasteiger partial charge in [-0.15, -0.1) is 11.3 Å². The SMILES string of the molecule is CCN(CCOC)C(C)CNCc1cccs1. The first-order chi connectivity index (χ1) is 8.27. The van der Waals surface area contributed by atoms with Crippen molar-refractivity contribution < 1.29 is 4.74 Å². The Kier molecular flexibility index (Phi) is 7.44. The Hall–Kier alpha value is -0.420. The number of rotatable bonds is 9. The van der Waals surface area contributed by atoms with Gasteiger partial charge in [-0.05, 0) is 24.9 Å². The standard InChI is InChI=1S/C13H24N2OS/c1-4-15(7-8-16-3)12(2)10-14-11-13-6-5-9-17-13/h5-6,9,12,14H,4,7-8,10-11H2,1-3H3. The zero-order chi connectivity index (χ0) is 12.5. The van der Waals surface area contributed by atoms with Gasteiger partial charge in [-0.25, -0.2) is 0 Å². The second-order valence-electron chi connectivity index (χ2n) is 4.18. The molecule has 0 spiro atoms. The summed E-state index contributed by atoms with van der Waals surface area (Å²) in [6, 6.07) is 4.82. The Balaban J connectivity index is 2.19. The molecular formula is C13H24N2OS. The molecule has 0 aromatic carbocycles. The second kappa shape index (κ2) is 8.64. The first-order valence-electron chi connectivity index (χ1n) is 6.24. The van der Waals surface area contributed by atoms with Gasteiger partial charge in [0.1, 0.15) is 0 Å². The van der Waals surface area contributed by atoms with Crippen molar-refractivity contribution in [2.75, 3.05) is 33.4 Å². The minimum Gasteiger partial charge on any atom is -0.383 e. The maximum absolute atomic E-state index is 5.13. The van der Waals surface area contributed by atoms with E-state index in [4.69, 9.17) is 4.74 Å². The lowest BCUT2D eigenvalue weighted by Gasteiger charge is -2.27. The Morgan fingerprint density at radius 2 is 2.35 bits per heavy atom. The summed E-state index contributed by atoms with van der Waals surface area (Å²) >= 11 is 1.81. The first kappa shape index (κ1) is 14.6. The lowest BCUT2D eigenvalue weighted by atomic mass is 10.2. The van der Waals surface area contributed by atoms with E-state index >= 15 is 0 Å². The molecule has 1 unspecified atom stereocenters. The minimum absolute atomic E-state index is 0.551. The van der Waals surface area contributed by atoms with E-state index in [2.05, 4.69) is 41.6 Å². The summed E-state index contributed by atoms with van der Waals surface area (Å²) in [5.74, 6) is 0. The van der Waals surface area contributed by atoms with E-state index < -0.39 is 0 Å². The zero-order valence-electron chi connectivity index (χ0n) is 11.1. The number of nitrogens with one attached hydrogen (secondary N) is 1. The molecular weight excluding hydrogens is 232 g/mol. The van der Waals surface area contributed by atoms with Crippen LogP contribution in [0.15, 0.2) is 17.5 Å². The van der Waals surface area contributed by atoms with Crippen molar-refractivity contribution in [2.45, 2.75) is 26.4 Å². The molecule has 0 aliphatic heterocycles. The van der Waals surface area contributed by atoms with Crippen LogP contribution in [0.25, 0.3) is 0 Å². The Morgan fingerprint density at radius 1 is 1.53 bits per heavy atom. The molecule has 0 saturated carbocycles. The van der Waals surface area contributed by atoms with E-state index in [1.807, 2.05) is 0 Å². The molecule has 4 heteroatoms. The highest BCUT2D eigenvalue weighted by Gasteiger charge is 2.10. The van der Waals surface area contributed by atoms with Crippen LogP contribution in [-0.2, 0) is 11.3 Å². The summed E-state index contributed by atoms with van der Waals surface area (Å²) in [6.07, 6.45) is 0. The third-order valence-corrected chi connectivity index (χ3v) is 3.81. The van der Waals surface area contributed by atoms with Gasteiger partial charge in [0, 0.05) is 37.7 Å². The Morgan fingerprint density at radius 3 is 2.94 bits per heavy atom. The van der Waals surface area contributed by atoms with Crippen LogP contribution in [-0.4, -0.2) is 44.3 Å². The van der Waals surface area contributed by atoms with Crippen LogP contribution in [0.3, 0.4) is 0 Å². The summed E-state index contributed by atoms with van der Waals surface area (Å²) in [7, 11) is 1.76. The maximum Gasteiger partial charge on any atom is 0.0589 e. The van der Waals surface area contributed by atoms with Crippen LogP contribution in [0, 0.1) is 0 Å². The van der Waals surface area contributed by atoms with Gasteiger partial charge >= 0.3 is 0 Å². The van der Waals surface area contributed by atoms with Gasteiger partial charge in [0.2, 0.25) is 0 Å². The fraction of sp³-hybridized carbons (Fsp3) is 0.692. The molecule has 1 heterocycles. The van der Waals surface area contributed by atoms with Crippen molar-refractivity contribution >= 4 is 11.3 Å². The number of hydrogen-bond donors (Lipinski definition) is 1. The molecule has 3 nitrogen and oxygen atoms in total. The Labute approximate surface area is 109 Å². The molecule has 0 bridgehead atoms. The van der Waals surface area contributed by atoms with Crippen LogP contribution in [0.2, 0.25) is 0 Å². The summed E-state index contributed by atoms with van der Waals surface area (Å²) < 4.78 is 5.13. The molecule has 0 radical (unpaired) electrons. The number of ether oxygens (including phenoxy) is 1. The van der Waals surface area contributed by atoms with Crippen LogP contribution >= 0.6 is 11.3 Å². The van der Waals surface area contributed by atoms with E-state index in [0.717, 1.165) is 32.8 Å². The molecule has 98 valence electrons. The number of likely N-dealkylation sites (N-methyl/N-ethyl adjacent to an activating group) is 1. The summed E-state index contributed by atoms with van der Waals surface area (Å²) in [5, 5.41) is 5.63. The van der Waals surface area contributed by atoms with Crippen LogP contribution in [0.4, 0.5) is 0 Å². The lowest BCUT2D eigenvalue weighted by molar-refractivity contribution is 0.128. The highest BCUT2D eigenvalue weighted by Crippen LogP contribution is 2.07. The van der Waals surface area contributed by atoms with Gasteiger partial charge in [0.25, 0.3) is 0 Å². The number of thiophene rings is 1. The monoisotopic (exact) mass is 256 g/mol. The van der Waals surface area contributed by atoms with Crippen LogP contribution < -0.4 is 5.32 Å². The lowest BCUT2D eigenvalue weighted by Crippen LogP contribution is -2.41. The van der Waals surface area contributed by atoms with E-state index in [1.54, 1.807) is 18.4 Å². The molecule has 0 fully saturated rings. The fourth-order valence-corrected chi connectivity index (χ4v) is 2.52. The van der Waals surface area contributed by atoms with E-state index in [1.165, 1.54) is 4.88 Å². The predicted molar refractivity (Wildman–Crippen MR) is 74.6 cm³/mol. The number of methoxy groups -OCH3 is 1. The maximum atomic E-state index is 5.13. The molecule has 1 rings (SSSR count). The molecule has 0 aliphatic carbocycles. The van der Waals surface area contributed by atoms with Crippen molar-refractivity contribution in [2.24, 2.45) is 0 Å². The number of hydrogen-bond acceptors (Lipinski definition) is 4. The smallest absolute Gasteiger partial charge is 0.0589 e. The fourth-order valence-electron chi connectivity index (χ4n) is 1.85. The molecule has 1 atom stereocenters. The Bertz CT molecular complexity index is 277. The predicted octanol–water partition coefficient (Wildman–Crippen LogP) is 2.19. The number of nitrogens with zero attached hydrogens (tertiary/aromatic N) is 1. The van der Waals surface area contributed by atoms with Gasteiger partial charge in [-0.2, -0.15) is 0 Å². The van der Waals surface area contributed by atoms with Crippen molar-refractivity contribution in [3.8, 4) is 0 Å². The average molecular weight is 256 g/mol. The highest BCUT2D eigenvalue weighted by atomic mass is 32.1. The van der Waals surface area contributed by atoms with Gasteiger partial charge in [0.15, 0.2) is 0 Å². The largest absolute Gasteiger partial charge is 0.383 e. The van der Waals surface area contributed by atoms with Crippen LogP contribution in [0.1, 0.15) is 18.7 Å². The molecule has 1 aromatic heterocycles. The van der Waals surface area contributed by atoms with Crippen molar-refractivity contribution in [1.82, 2.24) is 10.2 Å². The van der Waals surface area contributed by atoms with Gasteiger partial charge < -0.3 is 10.1 Å². The molecule has 0 amide bonds. The van der Waals surface area contributed by atoms with Gasteiger partial charge in [-0.1, -0.05) is 13.0 Å². The molecule has 1 N–H and O–H groups in total. The third-order valence-electron chi connectivity index (χ3n) is 2.93. The van der Waals surface area contributed by atoms with Crippen LogP contribution in [0.5, 0.6) is 0 Å². The third kappa shape index (κ3) is 5.64. The van der Waals surface area contributed by atoms with E-state index in [9.17, 15) is 0 Å². The van der Waals surface area contributed by atoms with Gasteiger partial charge in [0.05, 0.1) is 6.61 Å². The normalized spacial score (nSPS) is 13.2. The zero-order valence-corrected chi connectivity index (χ0v) is 11.9. The highest BCUT2D eigenvalue weighted by molar-refractivity contribution is 7.09. The molecule has 17 heavy (non-hydrogen) atoms. The summed E-state index contributed by atoms with van der Waals surface area (Å²) in [5.41, 5.74) is 0. The molecule has 0 aliphatic rings. The molecule has 1 aromatic rings. The second-order valence-corrected chi connectivity index (χ2v) is 5.21. The summed E-state index contributed by atoms with van der Waals surface area (Å²) in [6.45, 7) is 9.36. The van der Waals surface area contributed by atoms with E-state index in [0.29, 0.717) is 6.04 Å². The topological polar surface area (TPSA) is 24.5 Å². The quantitative estimate of drug-likeness (QED) is 0.733. The minimum atomic E-state index is 0.551. The molecule has 0 saturated heterocycles. The first-order valence-corrected chi connectivity index (χ1v) is 7.12. The average Bonchev–Trinajstić information content (AvgIpc) is 2.83. The van der Waals surface area contributed by atoms with Crippen molar-refractivity contribution in [3.63, 3.8) is 0 Å². The van der Waals surface area contributed by atoms with Crippen molar-refractivity contribution in [3.05, 3.63) is 22.4 Å². The summed E-state index contributed by atoms with van der Waals surface area (Å²) in [4.78, 5) is 3.84. The van der Waals surface area contributed by atoms with Gasteiger partial charge in [-0.3, -0.25) is 4.90 Å². The van der Waals surface area contributed by atoms with E-state index in [-0.39, 0.29) is 0 Å². The van der Waals surface area contributed by atoms with Crippen molar-refractivity contribution in [1.29, 1.82) is 0 Å².